The number of likely N-dealkylation sites (tertiary alicyclic amines) is 1. The van der Waals surface area contributed by atoms with Crippen molar-refractivity contribution in [1.82, 2.24) is 20.0 Å². The van der Waals surface area contributed by atoms with Gasteiger partial charge < -0.3 is 10.2 Å². The number of carbonyl (C=O) groups excluding carboxylic acids is 1. The van der Waals surface area contributed by atoms with Crippen LogP contribution >= 0.6 is 0 Å². The summed E-state index contributed by atoms with van der Waals surface area (Å²) in [6.07, 6.45) is 8.15. The number of hydrogen-bond donors (Lipinski definition) is 1. The minimum Gasteiger partial charge on any atom is -0.335 e. The number of aromatic nitrogens is 2. The largest absolute Gasteiger partial charge is 0.335 e. The minimum atomic E-state index is 0.258. The lowest BCUT2D eigenvalue weighted by atomic mass is 10.1. The molecule has 1 aromatic heterocycles. The number of nitrogens with one attached hydrogen (secondary N) is 1. The van der Waals surface area contributed by atoms with E-state index in [4.69, 9.17) is 0 Å². The maximum absolute atomic E-state index is 12.3. The maximum Gasteiger partial charge on any atom is 0.223 e. The summed E-state index contributed by atoms with van der Waals surface area (Å²) in [7, 11) is 0. The summed E-state index contributed by atoms with van der Waals surface area (Å²) in [5.41, 5.74) is 2.16. The van der Waals surface area contributed by atoms with Gasteiger partial charge in [0.25, 0.3) is 0 Å². The third-order valence-corrected chi connectivity index (χ3v) is 4.43. The highest BCUT2D eigenvalue weighted by Crippen LogP contribution is 2.24. The molecule has 1 atom stereocenters. The van der Waals surface area contributed by atoms with Gasteiger partial charge in [-0.2, -0.15) is 5.10 Å². The summed E-state index contributed by atoms with van der Waals surface area (Å²) < 4.78 is 1.84. The number of carbonyl (C=O) groups is 1. The monoisotopic (exact) mass is 324 g/mol. The van der Waals surface area contributed by atoms with Crippen molar-refractivity contribution in [3.8, 4) is 5.69 Å². The molecule has 1 amide bonds. The van der Waals surface area contributed by atoms with Crippen molar-refractivity contribution < 1.29 is 4.79 Å². The molecule has 0 aliphatic carbocycles. The van der Waals surface area contributed by atoms with Crippen molar-refractivity contribution in [3.05, 3.63) is 60.9 Å². The molecular weight excluding hydrogens is 300 g/mol. The van der Waals surface area contributed by atoms with Gasteiger partial charge in [-0.05, 0) is 43.1 Å². The Kier molecular flexibility index (Phi) is 5.43. The molecule has 0 spiro atoms. The zero-order valence-corrected chi connectivity index (χ0v) is 13.9. The number of nitrogens with zero attached hydrogens (tertiary/aromatic N) is 3. The predicted molar refractivity (Wildman–Crippen MR) is 94.8 cm³/mol. The Balaban J connectivity index is 1.66. The number of hydrogen-bond acceptors (Lipinski definition) is 3. The van der Waals surface area contributed by atoms with Crippen LogP contribution < -0.4 is 5.32 Å². The van der Waals surface area contributed by atoms with Crippen LogP contribution in [-0.2, 0) is 11.3 Å². The first-order chi connectivity index (χ1) is 11.8. The smallest absolute Gasteiger partial charge is 0.223 e. The first kappa shape index (κ1) is 16.5. The van der Waals surface area contributed by atoms with Gasteiger partial charge >= 0.3 is 0 Å². The maximum atomic E-state index is 12.3. The first-order valence-electron chi connectivity index (χ1n) is 8.48. The molecule has 2 heterocycles. The van der Waals surface area contributed by atoms with Crippen LogP contribution in [0.2, 0.25) is 0 Å². The molecule has 1 aliphatic heterocycles. The SMILES string of the molecule is C=CCNCCC1CCC(=O)N1Cc1cccc(-n2cccn2)c1. The zero-order valence-electron chi connectivity index (χ0n) is 13.9. The van der Waals surface area contributed by atoms with Gasteiger partial charge in [0.2, 0.25) is 5.91 Å². The van der Waals surface area contributed by atoms with Crippen molar-refractivity contribution in [2.45, 2.75) is 31.8 Å². The van der Waals surface area contributed by atoms with E-state index >= 15 is 0 Å². The van der Waals surface area contributed by atoms with Crippen LogP contribution in [0.4, 0.5) is 0 Å². The van der Waals surface area contributed by atoms with Gasteiger partial charge in [-0.25, -0.2) is 4.68 Å². The zero-order chi connectivity index (χ0) is 16.8. The van der Waals surface area contributed by atoms with E-state index in [1.165, 1.54) is 0 Å². The highest BCUT2D eigenvalue weighted by molar-refractivity contribution is 5.78. The van der Waals surface area contributed by atoms with E-state index in [0.29, 0.717) is 19.0 Å². The average Bonchev–Trinajstić information content (AvgIpc) is 3.24. The number of amides is 1. The van der Waals surface area contributed by atoms with Crippen LogP contribution in [0.15, 0.2) is 55.4 Å². The van der Waals surface area contributed by atoms with Gasteiger partial charge in [-0.15, -0.1) is 6.58 Å². The van der Waals surface area contributed by atoms with Crippen LogP contribution in [0.25, 0.3) is 5.69 Å². The van der Waals surface area contributed by atoms with Crippen molar-refractivity contribution >= 4 is 5.91 Å². The van der Waals surface area contributed by atoms with Gasteiger partial charge in [-0.3, -0.25) is 4.79 Å². The second-order valence-electron chi connectivity index (χ2n) is 6.12. The molecule has 1 fully saturated rings. The second-order valence-corrected chi connectivity index (χ2v) is 6.12. The van der Waals surface area contributed by atoms with Crippen molar-refractivity contribution in [3.63, 3.8) is 0 Å². The molecule has 1 aliphatic rings. The van der Waals surface area contributed by atoms with E-state index in [-0.39, 0.29) is 5.91 Å². The normalized spacial score (nSPS) is 17.4. The molecule has 5 heteroatoms. The van der Waals surface area contributed by atoms with Gasteiger partial charge in [-0.1, -0.05) is 18.2 Å². The van der Waals surface area contributed by atoms with Gasteiger partial charge in [0.05, 0.1) is 5.69 Å². The summed E-state index contributed by atoms with van der Waals surface area (Å²) in [6, 6.07) is 10.5. The van der Waals surface area contributed by atoms with Crippen LogP contribution in [0.1, 0.15) is 24.8 Å². The lowest BCUT2D eigenvalue weighted by Crippen LogP contribution is -2.34. The van der Waals surface area contributed by atoms with Gasteiger partial charge in [0.15, 0.2) is 0 Å². The molecule has 0 radical (unpaired) electrons. The Morgan fingerprint density at radius 2 is 2.29 bits per heavy atom. The molecule has 2 aromatic rings. The number of benzene rings is 1. The van der Waals surface area contributed by atoms with Crippen molar-refractivity contribution in [2.24, 2.45) is 0 Å². The molecule has 0 bridgehead atoms. The predicted octanol–water partition coefficient (Wildman–Crippen LogP) is 2.53. The molecule has 24 heavy (non-hydrogen) atoms. The molecule has 1 aromatic carbocycles. The molecule has 1 saturated heterocycles. The summed E-state index contributed by atoms with van der Waals surface area (Å²) in [6.45, 7) is 6.10. The molecule has 126 valence electrons. The Morgan fingerprint density at radius 1 is 1.38 bits per heavy atom. The highest BCUT2D eigenvalue weighted by Gasteiger charge is 2.30. The Labute approximate surface area is 143 Å². The van der Waals surface area contributed by atoms with E-state index in [1.807, 2.05) is 40.1 Å². The summed E-state index contributed by atoms with van der Waals surface area (Å²) in [4.78, 5) is 14.3. The van der Waals surface area contributed by atoms with E-state index in [9.17, 15) is 4.79 Å². The van der Waals surface area contributed by atoms with E-state index in [1.54, 1.807) is 6.20 Å². The second kappa shape index (κ2) is 7.93. The third kappa shape index (κ3) is 3.92. The quantitative estimate of drug-likeness (QED) is 0.600. The van der Waals surface area contributed by atoms with Crippen LogP contribution in [-0.4, -0.2) is 39.7 Å². The lowest BCUT2D eigenvalue weighted by Gasteiger charge is -2.25. The van der Waals surface area contributed by atoms with Crippen LogP contribution in [0, 0.1) is 0 Å². The van der Waals surface area contributed by atoms with Crippen molar-refractivity contribution in [2.75, 3.05) is 13.1 Å². The Morgan fingerprint density at radius 3 is 3.08 bits per heavy atom. The summed E-state index contributed by atoms with van der Waals surface area (Å²) >= 11 is 0. The van der Waals surface area contributed by atoms with Gasteiger partial charge in [0, 0.05) is 37.9 Å². The topological polar surface area (TPSA) is 50.2 Å². The van der Waals surface area contributed by atoms with Gasteiger partial charge in [0.1, 0.15) is 0 Å². The third-order valence-electron chi connectivity index (χ3n) is 4.43. The fraction of sp³-hybridized carbons (Fsp3) is 0.368. The molecule has 5 nitrogen and oxygen atoms in total. The first-order valence-corrected chi connectivity index (χ1v) is 8.48. The Hall–Kier alpha value is -2.40. The molecular formula is C19H24N4O. The standard InChI is InChI=1S/C19H24N4O/c1-2-10-20-12-9-17-7-8-19(24)22(17)15-16-5-3-6-18(14-16)23-13-4-11-21-23/h2-6,11,13-14,17,20H,1,7-10,12,15H2. The number of rotatable bonds is 8. The minimum absolute atomic E-state index is 0.258. The fourth-order valence-corrected chi connectivity index (χ4v) is 3.20. The Bertz CT molecular complexity index is 680. The van der Waals surface area contributed by atoms with Crippen molar-refractivity contribution in [1.29, 1.82) is 0 Å². The summed E-state index contributed by atoms with van der Waals surface area (Å²) in [5.74, 6) is 0.258. The van der Waals surface area contributed by atoms with E-state index in [0.717, 1.165) is 37.2 Å². The lowest BCUT2D eigenvalue weighted by molar-refractivity contribution is -0.129. The van der Waals surface area contributed by atoms with Crippen LogP contribution in [0.3, 0.4) is 0 Å². The molecule has 0 saturated carbocycles. The molecule has 1 N–H and O–H groups in total. The molecule has 3 rings (SSSR count). The fourth-order valence-electron chi connectivity index (χ4n) is 3.20. The summed E-state index contributed by atoms with van der Waals surface area (Å²) in [5, 5.41) is 7.59. The molecule has 1 unspecified atom stereocenters. The van der Waals surface area contributed by atoms with E-state index in [2.05, 4.69) is 29.1 Å². The average molecular weight is 324 g/mol. The van der Waals surface area contributed by atoms with Crippen LogP contribution in [0.5, 0.6) is 0 Å². The van der Waals surface area contributed by atoms with E-state index < -0.39 is 0 Å². The highest BCUT2D eigenvalue weighted by atomic mass is 16.2.